The second kappa shape index (κ2) is 3.39. The molecule has 76 valence electrons. The van der Waals surface area contributed by atoms with E-state index in [1.165, 1.54) is 23.1 Å². The van der Waals surface area contributed by atoms with Crippen LogP contribution in [0.1, 0.15) is 36.0 Å². The third-order valence-electron chi connectivity index (χ3n) is 3.10. The van der Waals surface area contributed by atoms with Crippen molar-refractivity contribution in [1.82, 2.24) is 0 Å². The first kappa shape index (κ1) is 9.72. The van der Waals surface area contributed by atoms with Crippen LogP contribution in [0.5, 0.6) is 0 Å². The van der Waals surface area contributed by atoms with Gasteiger partial charge in [-0.1, -0.05) is 29.3 Å². The predicted octanol–water partition coefficient (Wildman–Crippen LogP) is 2.76. The van der Waals surface area contributed by atoms with Crippen LogP contribution in [0.4, 0.5) is 0 Å². The number of hydrogen-bond acceptors (Lipinski definition) is 1. The maximum Gasteiger partial charge on any atom is 0.0688 e. The molecule has 1 nitrogen and oxygen atoms in total. The monoisotopic (exact) mass is 190 g/mol. The smallest absolute Gasteiger partial charge is 0.0688 e. The first-order valence-electron chi connectivity index (χ1n) is 5.37. The SMILES string of the molecule is Cc1cc(C)cc(CC2(O)CCC2)c1. The van der Waals surface area contributed by atoms with E-state index in [2.05, 4.69) is 32.0 Å². The fourth-order valence-electron chi connectivity index (χ4n) is 2.31. The maximum absolute atomic E-state index is 10.0. The molecule has 1 saturated carbocycles. The highest BCUT2D eigenvalue weighted by molar-refractivity contribution is 5.29. The minimum absolute atomic E-state index is 0.389. The summed E-state index contributed by atoms with van der Waals surface area (Å²) in [6.07, 6.45) is 3.96. The highest BCUT2D eigenvalue weighted by Gasteiger charge is 2.34. The topological polar surface area (TPSA) is 20.2 Å². The van der Waals surface area contributed by atoms with E-state index in [-0.39, 0.29) is 5.60 Å². The average Bonchev–Trinajstić information content (AvgIpc) is 1.99. The average molecular weight is 190 g/mol. The van der Waals surface area contributed by atoms with Gasteiger partial charge in [-0.3, -0.25) is 0 Å². The number of aryl methyl sites for hydroxylation is 2. The number of rotatable bonds is 2. The van der Waals surface area contributed by atoms with Gasteiger partial charge in [0.05, 0.1) is 5.60 Å². The van der Waals surface area contributed by atoms with Gasteiger partial charge in [0.1, 0.15) is 0 Å². The molecule has 0 saturated heterocycles. The van der Waals surface area contributed by atoms with Gasteiger partial charge < -0.3 is 5.11 Å². The minimum atomic E-state index is -0.389. The van der Waals surface area contributed by atoms with Crippen molar-refractivity contribution < 1.29 is 5.11 Å². The van der Waals surface area contributed by atoms with Crippen LogP contribution in [0.25, 0.3) is 0 Å². The molecule has 0 bridgehead atoms. The van der Waals surface area contributed by atoms with Crippen LogP contribution in [-0.2, 0) is 6.42 Å². The summed E-state index contributed by atoms with van der Waals surface area (Å²) in [5, 5.41) is 10.0. The van der Waals surface area contributed by atoms with E-state index in [0.29, 0.717) is 0 Å². The normalized spacial score (nSPS) is 19.1. The molecule has 0 heterocycles. The van der Waals surface area contributed by atoms with Crippen LogP contribution < -0.4 is 0 Å². The summed E-state index contributed by atoms with van der Waals surface area (Å²) >= 11 is 0. The Morgan fingerprint density at radius 2 is 1.71 bits per heavy atom. The van der Waals surface area contributed by atoms with Gasteiger partial charge in [-0.15, -0.1) is 0 Å². The summed E-state index contributed by atoms with van der Waals surface area (Å²) < 4.78 is 0. The summed E-state index contributed by atoms with van der Waals surface area (Å²) in [7, 11) is 0. The van der Waals surface area contributed by atoms with Crippen molar-refractivity contribution in [3.63, 3.8) is 0 Å². The summed E-state index contributed by atoms with van der Waals surface area (Å²) in [5.41, 5.74) is 3.48. The molecular formula is C13H18O. The second-order valence-corrected chi connectivity index (χ2v) is 4.75. The van der Waals surface area contributed by atoms with Crippen LogP contribution in [0.3, 0.4) is 0 Å². The third-order valence-corrected chi connectivity index (χ3v) is 3.10. The summed E-state index contributed by atoms with van der Waals surface area (Å²) in [4.78, 5) is 0. The number of benzene rings is 1. The molecule has 1 N–H and O–H groups in total. The Morgan fingerprint density at radius 1 is 1.14 bits per heavy atom. The molecule has 0 spiro atoms. The lowest BCUT2D eigenvalue weighted by atomic mass is 9.76. The lowest BCUT2D eigenvalue weighted by Gasteiger charge is -2.36. The molecule has 14 heavy (non-hydrogen) atoms. The van der Waals surface area contributed by atoms with Gasteiger partial charge >= 0.3 is 0 Å². The van der Waals surface area contributed by atoms with E-state index < -0.39 is 0 Å². The second-order valence-electron chi connectivity index (χ2n) is 4.75. The molecule has 0 atom stereocenters. The molecule has 0 unspecified atom stereocenters. The standard InChI is InChI=1S/C13H18O/c1-10-6-11(2)8-12(7-10)9-13(14)4-3-5-13/h6-8,14H,3-5,9H2,1-2H3. The van der Waals surface area contributed by atoms with Crippen LogP contribution >= 0.6 is 0 Å². The molecule has 1 heteroatoms. The lowest BCUT2D eigenvalue weighted by Crippen LogP contribution is -2.38. The summed E-state index contributed by atoms with van der Waals surface area (Å²) in [5.74, 6) is 0. The van der Waals surface area contributed by atoms with Crippen molar-refractivity contribution in [2.45, 2.75) is 45.1 Å². The van der Waals surface area contributed by atoms with Crippen molar-refractivity contribution >= 4 is 0 Å². The van der Waals surface area contributed by atoms with E-state index in [1.54, 1.807) is 0 Å². The Hall–Kier alpha value is -0.820. The predicted molar refractivity (Wildman–Crippen MR) is 58.4 cm³/mol. The lowest BCUT2D eigenvalue weighted by molar-refractivity contribution is -0.0323. The Balaban J connectivity index is 2.16. The first-order valence-corrected chi connectivity index (χ1v) is 5.37. The molecule has 0 amide bonds. The summed E-state index contributed by atoms with van der Waals surface area (Å²) in [6.45, 7) is 4.22. The fraction of sp³-hybridized carbons (Fsp3) is 0.538. The number of aliphatic hydroxyl groups is 1. The van der Waals surface area contributed by atoms with Gasteiger partial charge in [0.2, 0.25) is 0 Å². The van der Waals surface area contributed by atoms with E-state index >= 15 is 0 Å². The van der Waals surface area contributed by atoms with Gasteiger partial charge in [0.25, 0.3) is 0 Å². The zero-order valence-electron chi connectivity index (χ0n) is 9.01. The summed E-state index contributed by atoms with van der Waals surface area (Å²) in [6, 6.07) is 6.54. The molecular weight excluding hydrogens is 172 g/mol. The Bertz CT molecular complexity index is 317. The zero-order valence-corrected chi connectivity index (χ0v) is 9.01. The molecule has 1 aliphatic carbocycles. The van der Waals surface area contributed by atoms with Crippen molar-refractivity contribution in [3.05, 3.63) is 34.9 Å². The van der Waals surface area contributed by atoms with E-state index in [9.17, 15) is 5.11 Å². The molecule has 1 aromatic carbocycles. The van der Waals surface area contributed by atoms with Gasteiger partial charge in [0, 0.05) is 6.42 Å². The third kappa shape index (κ3) is 1.98. The minimum Gasteiger partial charge on any atom is -0.390 e. The van der Waals surface area contributed by atoms with Crippen LogP contribution in [-0.4, -0.2) is 10.7 Å². The highest BCUT2D eigenvalue weighted by atomic mass is 16.3. The Morgan fingerprint density at radius 3 is 2.14 bits per heavy atom. The van der Waals surface area contributed by atoms with Crippen molar-refractivity contribution in [3.8, 4) is 0 Å². The van der Waals surface area contributed by atoms with Crippen molar-refractivity contribution in [1.29, 1.82) is 0 Å². The van der Waals surface area contributed by atoms with Gasteiger partial charge in [-0.25, -0.2) is 0 Å². The quantitative estimate of drug-likeness (QED) is 0.760. The van der Waals surface area contributed by atoms with Crippen LogP contribution in [0.2, 0.25) is 0 Å². The van der Waals surface area contributed by atoms with E-state index in [1.807, 2.05) is 0 Å². The molecule has 1 fully saturated rings. The molecule has 1 aliphatic rings. The zero-order chi connectivity index (χ0) is 10.2. The van der Waals surface area contributed by atoms with Crippen LogP contribution in [0, 0.1) is 13.8 Å². The van der Waals surface area contributed by atoms with Gasteiger partial charge in [0.15, 0.2) is 0 Å². The Labute approximate surface area is 85.8 Å². The van der Waals surface area contributed by atoms with Crippen molar-refractivity contribution in [2.24, 2.45) is 0 Å². The number of hydrogen-bond donors (Lipinski definition) is 1. The Kier molecular flexibility index (Phi) is 2.36. The fourth-order valence-corrected chi connectivity index (χ4v) is 2.31. The first-order chi connectivity index (χ1) is 6.57. The molecule has 1 aromatic rings. The van der Waals surface area contributed by atoms with E-state index in [4.69, 9.17) is 0 Å². The van der Waals surface area contributed by atoms with E-state index in [0.717, 1.165) is 19.3 Å². The highest BCUT2D eigenvalue weighted by Crippen LogP contribution is 2.34. The van der Waals surface area contributed by atoms with Gasteiger partial charge in [-0.2, -0.15) is 0 Å². The van der Waals surface area contributed by atoms with Gasteiger partial charge in [-0.05, 0) is 38.7 Å². The molecule has 0 radical (unpaired) electrons. The molecule has 0 aliphatic heterocycles. The van der Waals surface area contributed by atoms with Crippen LogP contribution in [0.15, 0.2) is 18.2 Å². The maximum atomic E-state index is 10.0. The van der Waals surface area contributed by atoms with Crippen molar-refractivity contribution in [2.75, 3.05) is 0 Å². The largest absolute Gasteiger partial charge is 0.390 e. The molecule has 0 aromatic heterocycles. The molecule has 2 rings (SSSR count).